The van der Waals surface area contributed by atoms with E-state index < -0.39 is 0 Å². The molecule has 3 nitrogen and oxygen atoms in total. The van der Waals surface area contributed by atoms with Gasteiger partial charge < -0.3 is 10.0 Å². The summed E-state index contributed by atoms with van der Waals surface area (Å²) in [6.45, 7) is 5.61. The van der Waals surface area contributed by atoms with Crippen LogP contribution < -0.4 is 5.09 Å². The Morgan fingerprint density at radius 3 is 2.67 bits per heavy atom. The predicted octanol–water partition coefficient (Wildman–Crippen LogP) is 0.256. The predicted molar refractivity (Wildman–Crippen MR) is 53.9 cm³/mol. The van der Waals surface area contributed by atoms with Gasteiger partial charge in [0, 0.05) is 12.6 Å². The van der Waals surface area contributed by atoms with Crippen molar-refractivity contribution < 1.29 is 5.11 Å². The van der Waals surface area contributed by atoms with E-state index in [0.717, 1.165) is 34.4 Å². The lowest BCUT2D eigenvalue weighted by Crippen LogP contribution is -2.41. The topological polar surface area (TPSA) is 35.5 Å². The van der Waals surface area contributed by atoms with E-state index in [1.165, 1.54) is 12.8 Å². The lowest BCUT2D eigenvalue weighted by atomic mass is 10.1. The highest BCUT2D eigenvalue weighted by atomic mass is 31.1. The SMILES string of the molecule is CPNC1CCN(CCO)CC1. The molecule has 1 unspecified atom stereocenters. The maximum Gasteiger partial charge on any atom is 0.0558 e. The Hall–Kier alpha value is 0.310. The summed E-state index contributed by atoms with van der Waals surface area (Å²) in [5, 5.41) is 12.2. The number of aliphatic hydroxyl groups excluding tert-OH is 1. The summed E-state index contributed by atoms with van der Waals surface area (Å²) in [6.07, 6.45) is 2.47. The van der Waals surface area contributed by atoms with Crippen LogP contribution in [0.25, 0.3) is 0 Å². The first kappa shape index (κ1) is 10.4. The van der Waals surface area contributed by atoms with Crippen molar-refractivity contribution in [2.24, 2.45) is 0 Å². The zero-order valence-electron chi connectivity index (χ0n) is 7.71. The molecule has 1 aliphatic rings. The van der Waals surface area contributed by atoms with Gasteiger partial charge >= 0.3 is 0 Å². The molecular weight excluding hydrogens is 171 g/mol. The Bertz CT molecular complexity index is 102. The number of nitrogens with zero attached hydrogens (tertiary/aromatic N) is 1. The first-order chi connectivity index (χ1) is 5.86. The van der Waals surface area contributed by atoms with Crippen LogP contribution in [0.4, 0.5) is 0 Å². The van der Waals surface area contributed by atoms with Crippen LogP contribution in [0.3, 0.4) is 0 Å². The zero-order valence-corrected chi connectivity index (χ0v) is 8.71. The number of aliphatic hydroxyl groups is 1. The highest BCUT2D eigenvalue weighted by molar-refractivity contribution is 7.34. The summed E-state index contributed by atoms with van der Waals surface area (Å²) in [6, 6.07) is 0.725. The van der Waals surface area contributed by atoms with E-state index in [0.29, 0.717) is 6.61 Å². The fourth-order valence-electron chi connectivity index (χ4n) is 1.65. The minimum Gasteiger partial charge on any atom is -0.395 e. The van der Waals surface area contributed by atoms with Crippen LogP contribution in [0, 0.1) is 0 Å². The average molecular weight is 190 g/mol. The van der Waals surface area contributed by atoms with Crippen LogP contribution in [0.5, 0.6) is 0 Å². The summed E-state index contributed by atoms with van der Waals surface area (Å²) in [7, 11) is 0.864. The van der Waals surface area contributed by atoms with Crippen LogP contribution in [0.15, 0.2) is 0 Å². The third kappa shape index (κ3) is 3.36. The fraction of sp³-hybridized carbons (Fsp3) is 1.00. The van der Waals surface area contributed by atoms with E-state index in [1.807, 2.05) is 0 Å². The van der Waals surface area contributed by atoms with E-state index in [2.05, 4.69) is 16.7 Å². The van der Waals surface area contributed by atoms with Crippen molar-refractivity contribution in [3.05, 3.63) is 0 Å². The van der Waals surface area contributed by atoms with Gasteiger partial charge in [0.15, 0.2) is 0 Å². The number of hydrogen-bond acceptors (Lipinski definition) is 3. The molecule has 1 saturated heterocycles. The van der Waals surface area contributed by atoms with Crippen LogP contribution in [-0.4, -0.2) is 49.0 Å². The van der Waals surface area contributed by atoms with E-state index in [1.54, 1.807) is 0 Å². The lowest BCUT2D eigenvalue weighted by Gasteiger charge is -2.31. The molecule has 2 N–H and O–H groups in total. The van der Waals surface area contributed by atoms with Crippen LogP contribution in [-0.2, 0) is 0 Å². The third-order valence-corrected chi connectivity index (χ3v) is 3.05. The molecule has 1 aliphatic heterocycles. The molecule has 0 aliphatic carbocycles. The minimum absolute atomic E-state index is 0.299. The highest BCUT2D eigenvalue weighted by Gasteiger charge is 2.17. The molecule has 1 rings (SSSR count). The molecule has 0 spiro atoms. The molecule has 0 amide bonds. The van der Waals surface area contributed by atoms with Gasteiger partial charge in [-0.2, -0.15) is 0 Å². The van der Waals surface area contributed by atoms with Gasteiger partial charge in [-0.15, -0.1) is 0 Å². The molecule has 0 radical (unpaired) electrons. The molecular formula is C8H19N2OP. The van der Waals surface area contributed by atoms with Gasteiger partial charge in [0.2, 0.25) is 0 Å². The smallest absolute Gasteiger partial charge is 0.0558 e. The summed E-state index contributed by atoms with van der Waals surface area (Å²) in [5.74, 6) is 0. The Morgan fingerprint density at radius 2 is 2.17 bits per heavy atom. The molecule has 12 heavy (non-hydrogen) atoms. The van der Waals surface area contributed by atoms with Crippen LogP contribution in [0.2, 0.25) is 0 Å². The van der Waals surface area contributed by atoms with Gasteiger partial charge in [0.25, 0.3) is 0 Å². The third-order valence-electron chi connectivity index (χ3n) is 2.35. The molecule has 1 heterocycles. The fourth-order valence-corrected chi connectivity index (χ4v) is 2.34. The first-order valence-electron chi connectivity index (χ1n) is 4.62. The van der Waals surface area contributed by atoms with Gasteiger partial charge in [-0.3, -0.25) is 5.09 Å². The van der Waals surface area contributed by atoms with Crippen molar-refractivity contribution in [2.45, 2.75) is 18.9 Å². The maximum absolute atomic E-state index is 8.73. The summed E-state index contributed by atoms with van der Waals surface area (Å²) < 4.78 is 0. The first-order valence-corrected chi connectivity index (χ1v) is 6.12. The van der Waals surface area contributed by atoms with Crippen LogP contribution >= 0.6 is 8.73 Å². The van der Waals surface area contributed by atoms with Crippen molar-refractivity contribution in [1.82, 2.24) is 9.99 Å². The molecule has 0 aromatic rings. The van der Waals surface area contributed by atoms with Crippen molar-refractivity contribution in [1.29, 1.82) is 0 Å². The molecule has 4 heteroatoms. The minimum atomic E-state index is 0.299. The number of likely N-dealkylation sites (tertiary alicyclic amines) is 1. The monoisotopic (exact) mass is 190 g/mol. The largest absolute Gasteiger partial charge is 0.395 e. The quantitative estimate of drug-likeness (QED) is 0.624. The van der Waals surface area contributed by atoms with E-state index in [4.69, 9.17) is 5.11 Å². The van der Waals surface area contributed by atoms with E-state index in [-0.39, 0.29) is 0 Å². The van der Waals surface area contributed by atoms with Crippen molar-refractivity contribution in [2.75, 3.05) is 32.9 Å². The Balaban J connectivity index is 2.11. The van der Waals surface area contributed by atoms with Gasteiger partial charge in [0.05, 0.1) is 6.61 Å². The summed E-state index contributed by atoms with van der Waals surface area (Å²) in [5.41, 5.74) is 0. The molecule has 0 aromatic heterocycles. The molecule has 0 aromatic carbocycles. The normalized spacial score (nSPS) is 22.5. The van der Waals surface area contributed by atoms with E-state index >= 15 is 0 Å². The Labute approximate surface area is 76.4 Å². The summed E-state index contributed by atoms with van der Waals surface area (Å²) >= 11 is 0. The standard InChI is InChI=1S/C8H19N2OP/c1-12-9-8-2-4-10(5-3-8)6-7-11/h8-9,11-12H,2-7H2,1H3. The van der Waals surface area contributed by atoms with Crippen molar-refractivity contribution >= 4 is 8.73 Å². The van der Waals surface area contributed by atoms with Gasteiger partial charge in [-0.1, -0.05) is 8.73 Å². The lowest BCUT2D eigenvalue weighted by molar-refractivity contribution is 0.162. The van der Waals surface area contributed by atoms with Gasteiger partial charge in [-0.25, -0.2) is 0 Å². The molecule has 0 bridgehead atoms. The number of rotatable bonds is 4. The van der Waals surface area contributed by atoms with Crippen molar-refractivity contribution in [3.63, 3.8) is 0 Å². The second kappa shape index (κ2) is 5.87. The Morgan fingerprint density at radius 1 is 1.50 bits per heavy atom. The number of β-amino-alcohol motifs (C(OH)–C–C–N with tert-alkyl or cyclic N) is 1. The van der Waals surface area contributed by atoms with Crippen LogP contribution in [0.1, 0.15) is 12.8 Å². The average Bonchev–Trinajstić information content (AvgIpc) is 2.09. The number of piperidine rings is 1. The number of nitrogens with one attached hydrogen (secondary N) is 1. The van der Waals surface area contributed by atoms with Gasteiger partial charge in [-0.05, 0) is 32.6 Å². The summed E-state index contributed by atoms with van der Waals surface area (Å²) in [4.78, 5) is 2.33. The van der Waals surface area contributed by atoms with E-state index in [9.17, 15) is 0 Å². The second-order valence-corrected chi connectivity index (χ2v) is 4.02. The van der Waals surface area contributed by atoms with Crippen molar-refractivity contribution in [3.8, 4) is 0 Å². The molecule has 72 valence electrons. The highest BCUT2D eigenvalue weighted by Crippen LogP contribution is 2.12. The molecule has 0 saturated carbocycles. The van der Waals surface area contributed by atoms with Gasteiger partial charge in [0.1, 0.15) is 0 Å². The zero-order chi connectivity index (χ0) is 8.81. The second-order valence-electron chi connectivity index (χ2n) is 3.23. The Kier molecular flexibility index (Phi) is 5.08. The maximum atomic E-state index is 8.73. The molecule has 1 fully saturated rings. The molecule has 1 atom stereocenters. The number of hydrogen-bond donors (Lipinski definition) is 2.